The molecule has 2 atom stereocenters. The third-order valence-electron chi connectivity index (χ3n) is 6.09. The van der Waals surface area contributed by atoms with Gasteiger partial charge in [-0.3, -0.25) is 9.80 Å². The molecule has 0 saturated carbocycles. The van der Waals surface area contributed by atoms with Gasteiger partial charge in [-0.2, -0.15) is 0 Å². The Bertz CT molecular complexity index is 454. The number of carbonyl (C=O) groups excluding carboxylic acids is 1. The third-order valence-corrected chi connectivity index (χ3v) is 6.09. The maximum Gasteiger partial charge on any atom is 0.409 e. The highest BCUT2D eigenvalue weighted by Gasteiger charge is 2.41. The van der Waals surface area contributed by atoms with Crippen LogP contribution in [0, 0.1) is 0 Å². The van der Waals surface area contributed by atoms with Crippen LogP contribution in [0.5, 0.6) is 0 Å². The summed E-state index contributed by atoms with van der Waals surface area (Å²) in [5.41, 5.74) is -0.753. The Kier molecular flexibility index (Phi) is 6.20. The van der Waals surface area contributed by atoms with Crippen molar-refractivity contribution in [3.05, 3.63) is 0 Å². The van der Waals surface area contributed by atoms with E-state index in [1.165, 1.54) is 19.4 Å². The molecule has 25 heavy (non-hydrogen) atoms. The van der Waals surface area contributed by atoms with Crippen LogP contribution < -0.4 is 0 Å². The third kappa shape index (κ3) is 4.45. The second-order valence-corrected chi connectivity index (χ2v) is 7.80. The van der Waals surface area contributed by atoms with Crippen molar-refractivity contribution in [1.29, 1.82) is 0 Å². The molecule has 3 aliphatic rings. The Balaban J connectivity index is 1.57. The molecule has 0 aromatic rings. The fourth-order valence-electron chi connectivity index (χ4n) is 4.62. The molecule has 3 aliphatic heterocycles. The van der Waals surface area contributed by atoms with Crippen LogP contribution in [0.1, 0.15) is 39.0 Å². The van der Waals surface area contributed by atoms with Crippen molar-refractivity contribution in [2.24, 2.45) is 0 Å². The number of likely N-dealkylation sites (tertiary alicyclic amines) is 1. The summed E-state index contributed by atoms with van der Waals surface area (Å²) < 4.78 is 5.06. The number of rotatable bonds is 5. The van der Waals surface area contributed by atoms with Crippen LogP contribution in [-0.4, -0.2) is 101 Å². The zero-order valence-corrected chi connectivity index (χ0v) is 15.4. The lowest BCUT2D eigenvalue weighted by atomic mass is 9.89. The Morgan fingerprint density at radius 3 is 2.68 bits per heavy atom. The summed E-state index contributed by atoms with van der Waals surface area (Å²) in [4.78, 5) is 18.5. The van der Waals surface area contributed by atoms with Gasteiger partial charge >= 0.3 is 6.09 Å². The number of piperazine rings is 1. The molecule has 0 bridgehead atoms. The standard InChI is InChI=1S/C18H33N3O4/c1-2-25-17(23)19-9-6-18(24,7-10-19)14-21-13-15-4-3-8-20(15)12-16(21)5-11-22/h15-16,22,24H,2-14H2,1H3/t15-,16-/m1/s1. The van der Waals surface area contributed by atoms with Crippen LogP contribution in [-0.2, 0) is 4.74 Å². The van der Waals surface area contributed by atoms with Crippen LogP contribution in [0.4, 0.5) is 4.79 Å². The van der Waals surface area contributed by atoms with Gasteiger partial charge in [0.05, 0.1) is 12.2 Å². The number of amides is 1. The summed E-state index contributed by atoms with van der Waals surface area (Å²) in [5.74, 6) is 0. The van der Waals surface area contributed by atoms with E-state index in [2.05, 4.69) is 9.80 Å². The number of aliphatic hydroxyl groups is 2. The zero-order chi connectivity index (χ0) is 17.9. The van der Waals surface area contributed by atoms with Gasteiger partial charge in [-0.25, -0.2) is 4.79 Å². The fourth-order valence-corrected chi connectivity index (χ4v) is 4.62. The van der Waals surface area contributed by atoms with E-state index in [9.17, 15) is 15.0 Å². The predicted octanol–water partition coefficient (Wildman–Crippen LogP) is 0.501. The Labute approximate surface area is 150 Å². The lowest BCUT2D eigenvalue weighted by Gasteiger charge is -2.48. The second-order valence-electron chi connectivity index (χ2n) is 7.80. The molecule has 0 aromatic carbocycles. The van der Waals surface area contributed by atoms with Crippen molar-refractivity contribution >= 4 is 6.09 Å². The van der Waals surface area contributed by atoms with E-state index in [1.54, 1.807) is 4.90 Å². The zero-order valence-electron chi connectivity index (χ0n) is 15.4. The number of piperidine rings is 1. The van der Waals surface area contributed by atoms with E-state index in [0.717, 1.165) is 19.5 Å². The minimum atomic E-state index is -0.753. The van der Waals surface area contributed by atoms with Crippen LogP contribution in [0.3, 0.4) is 0 Å². The lowest BCUT2D eigenvalue weighted by molar-refractivity contribution is -0.0700. The molecule has 3 heterocycles. The summed E-state index contributed by atoms with van der Waals surface area (Å²) in [7, 11) is 0. The number of carbonyl (C=O) groups is 1. The van der Waals surface area contributed by atoms with E-state index in [1.807, 2.05) is 6.92 Å². The van der Waals surface area contributed by atoms with E-state index < -0.39 is 5.60 Å². The van der Waals surface area contributed by atoms with Crippen LogP contribution in [0.15, 0.2) is 0 Å². The van der Waals surface area contributed by atoms with Crippen molar-refractivity contribution < 1.29 is 19.7 Å². The average molecular weight is 355 g/mol. The van der Waals surface area contributed by atoms with E-state index in [4.69, 9.17) is 4.74 Å². The summed E-state index contributed by atoms with van der Waals surface area (Å²) in [6, 6.07) is 0.907. The monoisotopic (exact) mass is 355 g/mol. The SMILES string of the molecule is CCOC(=O)N1CCC(O)(CN2C[C@H]3CCCN3C[C@H]2CCO)CC1. The van der Waals surface area contributed by atoms with Crippen LogP contribution >= 0.6 is 0 Å². The molecule has 0 unspecified atom stereocenters. The molecule has 2 N–H and O–H groups in total. The quantitative estimate of drug-likeness (QED) is 0.748. The van der Waals surface area contributed by atoms with Crippen molar-refractivity contribution in [2.45, 2.75) is 56.7 Å². The first-order valence-corrected chi connectivity index (χ1v) is 9.77. The Morgan fingerprint density at radius 1 is 1.24 bits per heavy atom. The molecule has 3 rings (SSSR count). The fraction of sp³-hybridized carbons (Fsp3) is 0.944. The van der Waals surface area contributed by atoms with Gasteiger partial charge in [-0.15, -0.1) is 0 Å². The van der Waals surface area contributed by atoms with Gasteiger partial charge in [0, 0.05) is 51.4 Å². The van der Waals surface area contributed by atoms with Gasteiger partial charge < -0.3 is 19.8 Å². The molecular weight excluding hydrogens is 322 g/mol. The van der Waals surface area contributed by atoms with Crippen LogP contribution in [0.25, 0.3) is 0 Å². The van der Waals surface area contributed by atoms with Crippen LogP contribution in [0.2, 0.25) is 0 Å². The molecule has 0 spiro atoms. The number of fused-ring (bicyclic) bond motifs is 1. The lowest BCUT2D eigenvalue weighted by Crippen LogP contribution is -2.61. The van der Waals surface area contributed by atoms with Gasteiger partial charge in [0.2, 0.25) is 0 Å². The van der Waals surface area contributed by atoms with Crippen molar-refractivity contribution in [1.82, 2.24) is 14.7 Å². The minimum absolute atomic E-state index is 0.189. The molecule has 1 amide bonds. The summed E-state index contributed by atoms with van der Waals surface area (Å²) in [6.45, 7) is 7.25. The predicted molar refractivity (Wildman–Crippen MR) is 94.4 cm³/mol. The maximum absolute atomic E-state index is 11.8. The number of β-amino-alcohol motifs (C(OH)–C–C–N with tert-alkyl or cyclic N) is 1. The molecule has 7 heteroatoms. The van der Waals surface area contributed by atoms with Gasteiger partial charge in [-0.1, -0.05) is 0 Å². The van der Waals surface area contributed by atoms with Gasteiger partial charge in [0.15, 0.2) is 0 Å². The molecular formula is C18H33N3O4. The van der Waals surface area contributed by atoms with Gasteiger partial charge in [0.1, 0.15) is 0 Å². The maximum atomic E-state index is 11.8. The molecule has 7 nitrogen and oxygen atoms in total. The van der Waals surface area contributed by atoms with Crippen molar-refractivity contribution in [2.75, 3.05) is 52.5 Å². The second kappa shape index (κ2) is 8.20. The smallest absolute Gasteiger partial charge is 0.409 e. The largest absolute Gasteiger partial charge is 0.450 e. The highest BCUT2D eigenvalue weighted by molar-refractivity contribution is 5.67. The molecule has 0 aromatic heterocycles. The Morgan fingerprint density at radius 2 is 2.00 bits per heavy atom. The number of hydrogen-bond acceptors (Lipinski definition) is 6. The highest BCUT2D eigenvalue weighted by atomic mass is 16.6. The molecule has 3 saturated heterocycles. The van der Waals surface area contributed by atoms with Gasteiger partial charge in [0.25, 0.3) is 0 Å². The highest BCUT2D eigenvalue weighted by Crippen LogP contribution is 2.30. The first-order valence-electron chi connectivity index (χ1n) is 9.77. The molecule has 0 aliphatic carbocycles. The Hall–Kier alpha value is -0.890. The van der Waals surface area contributed by atoms with E-state index >= 15 is 0 Å². The number of aliphatic hydroxyl groups excluding tert-OH is 1. The topological polar surface area (TPSA) is 76.5 Å². The van der Waals surface area contributed by atoms with E-state index in [-0.39, 0.29) is 12.7 Å². The molecule has 3 fully saturated rings. The number of ether oxygens (including phenoxy) is 1. The minimum Gasteiger partial charge on any atom is -0.450 e. The van der Waals surface area contributed by atoms with Crippen molar-refractivity contribution in [3.63, 3.8) is 0 Å². The van der Waals surface area contributed by atoms with E-state index in [0.29, 0.717) is 51.2 Å². The average Bonchev–Trinajstić information content (AvgIpc) is 3.03. The number of nitrogens with zero attached hydrogens (tertiary/aromatic N) is 3. The summed E-state index contributed by atoms with van der Waals surface area (Å²) in [6.07, 6.45) is 4.14. The first kappa shape index (κ1) is 18.9. The summed E-state index contributed by atoms with van der Waals surface area (Å²) >= 11 is 0. The molecule has 0 radical (unpaired) electrons. The van der Waals surface area contributed by atoms with Crippen molar-refractivity contribution in [3.8, 4) is 0 Å². The number of hydrogen-bond donors (Lipinski definition) is 2. The molecule has 144 valence electrons. The summed E-state index contributed by atoms with van der Waals surface area (Å²) in [5, 5.41) is 20.5. The first-order chi connectivity index (χ1) is 12.0. The van der Waals surface area contributed by atoms with Gasteiger partial charge in [-0.05, 0) is 45.6 Å². The normalized spacial score (nSPS) is 30.3.